The molecule has 1 aromatic heterocycles. The minimum atomic E-state index is -0.532. The van der Waals surface area contributed by atoms with Crippen molar-refractivity contribution in [2.45, 2.75) is 6.92 Å². The summed E-state index contributed by atoms with van der Waals surface area (Å²) in [5.74, 6) is 1.66. The van der Waals surface area contributed by atoms with Crippen molar-refractivity contribution in [2.75, 3.05) is 24.6 Å². The van der Waals surface area contributed by atoms with Crippen LogP contribution in [0.2, 0.25) is 0 Å². The van der Waals surface area contributed by atoms with Gasteiger partial charge in [0.05, 0.1) is 16.2 Å². The molecule has 6 nitrogen and oxygen atoms in total. The van der Waals surface area contributed by atoms with Crippen LogP contribution in [-0.2, 0) is 0 Å². The van der Waals surface area contributed by atoms with Gasteiger partial charge in [-0.15, -0.1) is 0 Å². The summed E-state index contributed by atoms with van der Waals surface area (Å²) < 4.78 is 0. The number of hydrogen-bond acceptors (Lipinski definition) is 5. The summed E-state index contributed by atoms with van der Waals surface area (Å²) in [7, 11) is 0. The minimum absolute atomic E-state index is 0.143. The summed E-state index contributed by atoms with van der Waals surface area (Å²) in [6.07, 6.45) is 1.18. The van der Waals surface area contributed by atoms with Crippen molar-refractivity contribution in [2.24, 2.45) is 0 Å². The first-order valence-corrected chi connectivity index (χ1v) is 6.73. The van der Waals surface area contributed by atoms with Crippen LogP contribution >= 0.6 is 11.8 Å². The number of aromatic nitrogens is 1. The summed E-state index contributed by atoms with van der Waals surface area (Å²) in [4.78, 5) is 28.1. The molecule has 0 aromatic carbocycles. The molecule has 0 saturated carbocycles. The molecule has 0 bridgehead atoms. The van der Waals surface area contributed by atoms with Gasteiger partial charge in [0.2, 0.25) is 0 Å². The lowest BCUT2D eigenvalue weighted by atomic mass is 10.1. The number of rotatable bonds is 2. The van der Waals surface area contributed by atoms with Crippen molar-refractivity contribution >= 4 is 23.4 Å². The minimum Gasteiger partial charge on any atom is -0.337 e. The van der Waals surface area contributed by atoms with Crippen molar-refractivity contribution in [3.8, 4) is 0 Å². The van der Waals surface area contributed by atoms with Gasteiger partial charge >= 0.3 is 0 Å². The molecule has 1 aliphatic heterocycles. The van der Waals surface area contributed by atoms with E-state index in [4.69, 9.17) is 0 Å². The van der Waals surface area contributed by atoms with Gasteiger partial charge in [0, 0.05) is 30.7 Å². The Morgan fingerprint density at radius 1 is 1.50 bits per heavy atom. The Labute approximate surface area is 109 Å². The first-order chi connectivity index (χ1) is 8.59. The van der Waals surface area contributed by atoms with E-state index in [2.05, 4.69) is 4.98 Å². The van der Waals surface area contributed by atoms with Crippen molar-refractivity contribution < 1.29 is 9.72 Å². The van der Waals surface area contributed by atoms with E-state index in [1.54, 1.807) is 23.6 Å². The number of pyridine rings is 1. The van der Waals surface area contributed by atoms with E-state index in [0.717, 1.165) is 11.5 Å². The Morgan fingerprint density at radius 3 is 2.78 bits per heavy atom. The summed E-state index contributed by atoms with van der Waals surface area (Å²) in [6, 6.07) is 1.31. The van der Waals surface area contributed by atoms with Gasteiger partial charge in [0.15, 0.2) is 0 Å². The third-order valence-corrected chi connectivity index (χ3v) is 3.75. The van der Waals surface area contributed by atoms with Gasteiger partial charge in [-0.05, 0) is 6.92 Å². The van der Waals surface area contributed by atoms with Gasteiger partial charge in [0.25, 0.3) is 11.6 Å². The summed E-state index contributed by atoms with van der Waals surface area (Å²) in [5, 5.41) is 10.7. The Kier molecular flexibility index (Phi) is 3.81. The summed E-state index contributed by atoms with van der Waals surface area (Å²) >= 11 is 1.81. The number of nitrogens with zero attached hydrogens (tertiary/aromatic N) is 3. The maximum atomic E-state index is 12.2. The van der Waals surface area contributed by atoms with Gasteiger partial charge in [-0.2, -0.15) is 11.8 Å². The Bertz CT molecular complexity index is 486. The molecule has 96 valence electrons. The molecular formula is C11H13N3O3S. The zero-order chi connectivity index (χ0) is 13.1. The molecule has 1 amide bonds. The lowest BCUT2D eigenvalue weighted by Gasteiger charge is -2.26. The maximum Gasteiger partial charge on any atom is 0.288 e. The molecule has 0 N–H and O–H groups in total. The van der Waals surface area contributed by atoms with Crippen LogP contribution in [0, 0.1) is 17.0 Å². The molecule has 18 heavy (non-hydrogen) atoms. The SMILES string of the molecule is Cc1ncc([N+](=O)[O-])cc1C(=O)N1CCSCC1. The molecule has 0 unspecified atom stereocenters. The van der Waals surface area contributed by atoms with Crippen LogP contribution < -0.4 is 0 Å². The van der Waals surface area contributed by atoms with Crippen LogP contribution in [0.5, 0.6) is 0 Å². The second-order valence-corrected chi connectivity index (χ2v) is 5.21. The van der Waals surface area contributed by atoms with E-state index in [1.165, 1.54) is 12.3 Å². The van der Waals surface area contributed by atoms with Crippen molar-refractivity contribution in [1.29, 1.82) is 0 Å². The number of carbonyl (C=O) groups excluding carboxylic acids is 1. The van der Waals surface area contributed by atoms with Gasteiger partial charge in [-0.3, -0.25) is 19.9 Å². The lowest BCUT2D eigenvalue weighted by Crippen LogP contribution is -2.38. The largest absolute Gasteiger partial charge is 0.337 e. The fraction of sp³-hybridized carbons (Fsp3) is 0.455. The predicted octanol–water partition coefficient (Wildman–Crippen LogP) is 1.49. The molecule has 1 fully saturated rings. The fourth-order valence-corrected chi connectivity index (χ4v) is 2.68. The smallest absolute Gasteiger partial charge is 0.288 e. The van der Waals surface area contributed by atoms with Gasteiger partial charge < -0.3 is 4.90 Å². The standard InChI is InChI=1S/C11H13N3O3S/c1-8-10(6-9(7-12-8)14(16)17)11(15)13-2-4-18-5-3-13/h6-7H,2-5H2,1H3. The Hall–Kier alpha value is -1.63. The average molecular weight is 267 g/mol. The molecule has 0 radical (unpaired) electrons. The number of thioether (sulfide) groups is 1. The lowest BCUT2D eigenvalue weighted by molar-refractivity contribution is -0.385. The second-order valence-electron chi connectivity index (χ2n) is 3.99. The van der Waals surface area contributed by atoms with Crippen molar-refractivity contribution in [3.05, 3.63) is 33.6 Å². The predicted molar refractivity (Wildman–Crippen MR) is 68.9 cm³/mol. The molecule has 0 atom stereocenters. The highest BCUT2D eigenvalue weighted by atomic mass is 32.2. The maximum absolute atomic E-state index is 12.2. The fourth-order valence-electron chi connectivity index (χ4n) is 1.78. The first kappa shape index (κ1) is 12.8. The first-order valence-electron chi connectivity index (χ1n) is 5.57. The van der Waals surface area contributed by atoms with Gasteiger partial charge in [-0.25, -0.2) is 0 Å². The molecule has 1 aromatic rings. The highest BCUT2D eigenvalue weighted by molar-refractivity contribution is 7.99. The Balaban J connectivity index is 2.28. The molecular weight excluding hydrogens is 254 g/mol. The van der Waals surface area contributed by atoms with Crippen LogP contribution in [0.1, 0.15) is 16.1 Å². The summed E-state index contributed by atoms with van der Waals surface area (Å²) in [6.45, 7) is 3.06. The van der Waals surface area contributed by atoms with Gasteiger partial charge in [-0.1, -0.05) is 0 Å². The molecule has 1 aliphatic rings. The van der Waals surface area contributed by atoms with E-state index in [-0.39, 0.29) is 11.6 Å². The zero-order valence-corrected chi connectivity index (χ0v) is 10.8. The normalized spacial score (nSPS) is 15.5. The third kappa shape index (κ3) is 2.61. The summed E-state index contributed by atoms with van der Waals surface area (Å²) in [5.41, 5.74) is 0.718. The number of carbonyl (C=O) groups is 1. The van der Waals surface area contributed by atoms with Gasteiger partial charge in [0.1, 0.15) is 6.20 Å². The molecule has 2 rings (SSSR count). The zero-order valence-electron chi connectivity index (χ0n) is 9.96. The average Bonchev–Trinajstić information content (AvgIpc) is 2.39. The molecule has 0 aliphatic carbocycles. The molecule has 7 heteroatoms. The molecule has 1 saturated heterocycles. The second kappa shape index (κ2) is 5.34. The molecule has 2 heterocycles. The van der Waals surface area contributed by atoms with Crippen LogP contribution in [0.4, 0.5) is 5.69 Å². The number of amides is 1. The van der Waals surface area contributed by atoms with E-state index < -0.39 is 4.92 Å². The number of hydrogen-bond donors (Lipinski definition) is 0. The Morgan fingerprint density at radius 2 is 2.17 bits per heavy atom. The van der Waals surface area contributed by atoms with Crippen LogP contribution in [0.3, 0.4) is 0 Å². The topological polar surface area (TPSA) is 76.3 Å². The van der Waals surface area contributed by atoms with E-state index in [1.807, 2.05) is 0 Å². The van der Waals surface area contributed by atoms with E-state index in [0.29, 0.717) is 24.3 Å². The van der Waals surface area contributed by atoms with Crippen LogP contribution in [0.15, 0.2) is 12.3 Å². The van der Waals surface area contributed by atoms with Crippen LogP contribution in [0.25, 0.3) is 0 Å². The van der Waals surface area contributed by atoms with Crippen molar-refractivity contribution in [3.63, 3.8) is 0 Å². The highest BCUT2D eigenvalue weighted by Crippen LogP contribution is 2.18. The van der Waals surface area contributed by atoms with Crippen LogP contribution in [-0.4, -0.2) is 45.3 Å². The van der Waals surface area contributed by atoms with E-state index in [9.17, 15) is 14.9 Å². The monoisotopic (exact) mass is 267 g/mol. The highest BCUT2D eigenvalue weighted by Gasteiger charge is 2.22. The quantitative estimate of drug-likeness (QED) is 0.599. The van der Waals surface area contributed by atoms with E-state index >= 15 is 0 Å². The van der Waals surface area contributed by atoms with Crippen molar-refractivity contribution in [1.82, 2.24) is 9.88 Å². The number of nitro groups is 1. The molecule has 0 spiro atoms. The number of aryl methyl sites for hydroxylation is 1. The third-order valence-electron chi connectivity index (χ3n) is 2.81.